The molecule has 0 saturated carbocycles. The molecule has 0 bridgehead atoms. The molecule has 1 aliphatic rings. The van der Waals surface area contributed by atoms with Gasteiger partial charge in [-0.3, -0.25) is 18.8 Å². The summed E-state index contributed by atoms with van der Waals surface area (Å²) in [7, 11) is 0. The fourth-order valence-corrected chi connectivity index (χ4v) is 4.05. The van der Waals surface area contributed by atoms with Gasteiger partial charge in [0.2, 0.25) is 0 Å². The first kappa shape index (κ1) is 24.6. The molecule has 0 radical (unpaired) electrons. The number of benzene rings is 1. The van der Waals surface area contributed by atoms with Crippen LogP contribution in [0.5, 0.6) is 5.75 Å². The first-order chi connectivity index (χ1) is 15.7. The zero-order valence-electron chi connectivity index (χ0n) is 19.8. The Hall–Kier alpha value is -3.09. The molecule has 0 aliphatic carbocycles. The van der Waals surface area contributed by atoms with Gasteiger partial charge >= 0.3 is 5.69 Å². The molecule has 9 nitrogen and oxygen atoms in total. The normalized spacial score (nSPS) is 15.8. The van der Waals surface area contributed by atoms with Crippen LogP contribution in [0.1, 0.15) is 33.3 Å². The molecule has 1 aromatic heterocycles. The van der Waals surface area contributed by atoms with Crippen molar-refractivity contribution in [1.82, 2.24) is 14.0 Å². The summed E-state index contributed by atoms with van der Waals surface area (Å²) in [5, 5.41) is 19.8. The van der Waals surface area contributed by atoms with Crippen LogP contribution >= 0.6 is 0 Å². The molecule has 178 valence electrons. The number of ether oxygens (including phenoxy) is 1. The summed E-state index contributed by atoms with van der Waals surface area (Å²) in [6, 6.07) is 10.5. The highest BCUT2D eigenvalue weighted by atomic mass is 16.5. The zero-order valence-corrected chi connectivity index (χ0v) is 19.8. The van der Waals surface area contributed by atoms with Crippen LogP contribution in [-0.2, 0) is 13.1 Å². The molecule has 1 unspecified atom stereocenters. The van der Waals surface area contributed by atoms with E-state index in [1.54, 1.807) is 41.8 Å². The second-order valence-electron chi connectivity index (χ2n) is 8.76. The number of aliphatic hydroxyl groups excluding tert-OH is 1. The van der Waals surface area contributed by atoms with Crippen molar-refractivity contribution in [2.24, 2.45) is 0 Å². The van der Waals surface area contributed by atoms with Crippen molar-refractivity contribution in [3.05, 3.63) is 56.7 Å². The van der Waals surface area contributed by atoms with Crippen LogP contribution in [0.4, 0.5) is 5.82 Å². The maximum atomic E-state index is 12.6. The third kappa shape index (κ3) is 5.46. The number of hydrogen-bond donors (Lipinski definition) is 1. The third-order valence-electron chi connectivity index (χ3n) is 6.18. The van der Waals surface area contributed by atoms with Gasteiger partial charge in [-0.15, -0.1) is 0 Å². The number of hydrogen-bond acceptors (Lipinski definition) is 7. The lowest BCUT2D eigenvalue weighted by Gasteiger charge is -2.40. The predicted octanol–water partition coefficient (Wildman–Crippen LogP) is 1.26. The average Bonchev–Trinajstić information content (AvgIpc) is 2.80. The molecule has 3 rings (SSSR count). The fourth-order valence-electron chi connectivity index (χ4n) is 4.05. The van der Waals surface area contributed by atoms with Gasteiger partial charge < -0.3 is 14.7 Å². The molecular formula is C24H33N5O4. The third-order valence-corrected chi connectivity index (χ3v) is 6.18. The lowest BCUT2D eigenvalue weighted by Crippen LogP contribution is -2.54. The smallest absolute Gasteiger partial charge is 0.332 e. The molecule has 0 amide bonds. The second kappa shape index (κ2) is 10.2. The quantitative estimate of drug-likeness (QED) is 0.639. The summed E-state index contributed by atoms with van der Waals surface area (Å²) in [4.78, 5) is 29.2. The Balaban J connectivity index is 1.62. The highest BCUT2D eigenvalue weighted by Gasteiger charge is 2.33. The van der Waals surface area contributed by atoms with Crippen LogP contribution in [0, 0.1) is 11.3 Å². The summed E-state index contributed by atoms with van der Waals surface area (Å²) in [6.45, 7) is 11.3. The SMILES string of the molecule is CCn1c(N2CCN(CC(O)C(C)(C)Oc3ccc(C#N)cc3)CC2)cc(=O)n(CC)c1=O. The molecule has 1 fully saturated rings. The Kier molecular flexibility index (Phi) is 7.61. The van der Waals surface area contributed by atoms with Crippen molar-refractivity contribution >= 4 is 5.82 Å². The van der Waals surface area contributed by atoms with Crippen molar-refractivity contribution in [2.45, 2.75) is 52.5 Å². The number of anilines is 1. The Morgan fingerprint density at radius 3 is 2.21 bits per heavy atom. The monoisotopic (exact) mass is 455 g/mol. The van der Waals surface area contributed by atoms with E-state index in [-0.39, 0.29) is 11.2 Å². The number of piperazine rings is 1. The minimum absolute atomic E-state index is 0.276. The Bertz CT molecular complexity index is 1110. The highest BCUT2D eigenvalue weighted by Crippen LogP contribution is 2.23. The van der Waals surface area contributed by atoms with Gasteiger partial charge in [-0.2, -0.15) is 5.26 Å². The van der Waals surface area contributed by atoms with E-state index >= 15 is 0 Å². The highest BCUT2D eigenvalue weighted by molar-refractivity contribution is 5.39. The number of β-amino-alcohol motifs (C(OH)–C–C–N with tert-alkyl or cyclic N) is 1. The summed E-state index contributed by atoms with van der Waals surface area (Å²) >= 11 is 0. The predicted molar refractivity (Wildman–Crippen MR) is 127 cm³/mol. The van der Waals surface area contributed by atoms with Crippen LogP contribution in [0.3, 0.4) is 0 Å². The Morgan fingerprint density at radius 1 is 1.06 bits per heavy atom. The van der Waals surface area contributed by atoms with Crippen LogP contribution in [0.2, 0.25) is 0 Å². The van der Waals surface area contributed by atoms with E-state index in [1.165, 1.54) is 4.57 Å². The maximum Gasteiger partial charge on any atom is 0.332 e. The lowest BCUT2D eigenvalue weighted by atomic mass is 10.0. The first-order valence-electron chi connectivity index (χ1n) is 11.4. The van der Waals surface area contributed by atoms with E-state index in [2.05, 4.69) is 15.9 Å². The van der Waals surface area contributed by atoms with E-state index in [9.17, 15) is 14.7 Å². The van der Waals surface area contributed by atoms with Gasteiger partial charge in [-0.05, 0) is 52.0 Å². The fraction of sp³-hybridized carbons (Fsp3) is 0.542. The average molecular weight is 456 g/mol. The van der Waals surface area contributed by atoms with E-state index in [0.29, 0.717) is 62.9 Å². The molecule has 33 heavy (non-hydrogen) atoms. The number of nitriles is 1. The van der Waals surface area contributed by atoms with Gasteiger partial charge in [-0.25, -0.2) is 4.79 Å². The summed E-state index contributed by atoms with van der Waals surface area (Å²) < 4.78 is 8.89. The standard InChI is InChI=1S/C24H33N5O4/c1-5-28-21(15-22(31)29(6-2)23(28)32)27-13-11-26(12-14-27)17-20(30)24(3,4)33-19-9-7-18(16-25)8-10-19/h7-10,15,20,30H,5-6,11-14,17H2,1-4H3. The van der Waals surface area contributed by atoms with Crippen molar-refractivity contribution in [1.29, 1.82) is 5.26 Å². The topological polar surface area (TPSA) is 104 Å². The van der Waals surface area contributed by atoms with E-state index < -0.39 is 11.7 Å². The first-order valence-corrected chi connectivity index (χ1v) is 11.4. The summed E-state index contributed by atoms with van der Waals surface area (Å²) in [6.07, 6.45) is -0.734. The summed E-state index contributed by atoms with van der Waals surface area (Å²) in [5.74, 6) is 1.25. The van der Waals surface area contributed by atoms with Crippen LogP contribution in [-0.4, -0.2) is 63.6 Å². The lowest BCUT2D eigenvalue weighted by molar-refractivity contribution is -0.0449. The van der Waals surface area contributed by atoms with Crippen LogP contribution in [0.25, 0.3) is 0 Å². The molecule has 1 atom stereocenters. The van der Waals surface area contributed by atoms with Gasteiger partial charge in [0.25, 0.3) is 5.56 Å². The van der Waals surface area contributed by atoms with Gasteiger partial charge in [-0.1, -0.05) is 0 Å². The minimum Gasteiger partial charge on any atom is -0.485 e. The van der Waals surface area contributed by atoms with Gasteiger partial charge in [0.1, 0.15) is 23.3 Å². The number of rotatable bonds is 8. The zero-order chi connectivity index (χ0) is 24.2. The van der Waals surface area contributed by atoms with Crippen molar-refractivity contribution in [3.63, 3.8) is 0 Å². The Labute approximate surface area is 194 Å². The van der Waals surface area contributed by atoms with Crippen LogP contribution in [0.15, 0.2) is 39.9 Å². The molecule has 9 heteroatoms. The van der Waals surface area contributed by atoms with Gasteiger partial charge in [0.15, 0.2) is 0 Å². The van der Waals surface area contributed by atoms with Crippen molar-refractivity contribution < 1.29 is 9.84 Å². The van der Waals surface area contributed by atoms with E-state index in [4.69, 9.17) is 10.00 Å². The van der Waals surface area contributed by atoms with E-state index in [1.807, 2.05) is 20.8 Å². The largest absolute Gasteiger partial charge is 0.485 e. The molecule has 2 aromatic rings. The van der Waals surface area contributed by atoms with Crippen molar-refractivity contribution in [2.75, 3.05) is 37.6 Å². The van der Waals surface area contributed by atoms with E-state index in [0.717, 1.165) is 0 Å². The number of aliphatic hydroxyl groups is 1. The van der Waals surface area contributed by atoms with Crippen LogP contribution < -0.4 is 20.9 Å². The number of nitrogens with zero attached hydrogens (tertiary/aromatic N) is 5. The van der Waals surface area contributed by atoms with Gasteiger partial charge in [0.05, 0.1) is 11.6 Å². The minimum atomic E-state index is -0.821. The molecular weight excluding hydrogens is 422 g/mol. The van der Waals surface area contributed by atoms with Crippen molar-refractivity contribution in [3.8, 4) is 11.8 Å². The number of aromatic nitrogens is 2. The molecule has 0 spiro atoms. The van der Waals surface area contributed by atoms with Gasteiger partial charge in [0, 0.05) is 51.9 Å². The second-order valence-corrected chi connectivity index (χ2v) is 8.76. The molecule has 1 aliphatic heterocycles. The molecule has 1 aromatic carbocycles. The maximum absolute atomic E-state index is 12.6. The summed E-state index contributed by atoms with van der Waals surface area (Å²) in [5.41, 5.74) is -0.818. The molecule has 1 saturated heterocycles. The molecule has 1 N–H and O–H groups in total. The molecule has 2 heterocycles. The Morgan fingerprint density at radius 2 is 1.67 bits per heavy atom.